The van der Waals surface area contributed by atoms with Gasteiger partial charge in [-0.25, -0.2) is 9.59 Å². The maximum Gasteiger partial charge on any atom is 0.329 e. The third-order valence-corrected chi connectivity index (χ3v) is 1.57. The Morgan fingerprint density at radius 3 is 2.50 bits per heavy atom. The van der Waals surface area contributed by atoms with Crippen molar-refractivity contribution in [1.82, 2.24) is 10.6 Å². The lowest BCUT2D eigenvalue weighted by Crippen LogP contribution is -2.38. The minimum absolute atomic E-state index is 0.178. The zero-order chi connectivity index (χ0) is 12.2. The molecular formula is C9H18N2O5. The number of hydrogen-bond acceptors (Lipinski definition) is 4. The SMILES string of the molecule is COCCCNC(=O)NCCOCC(=O)O. The third-order valence-electron chi connectivity index (χ3n) is 1.57. The number of ether oxygens (including phenoxy) is 2. The molecule has 0 aromatic heterocycles. The molecule has 0 heterocycles. The number of aliphatic carboxylic acids is 1. The van der Waals surface area contributed by atoms with Crippen molar-refractivity contribution in [1.29, 1.82) is 0 Å². The molecule has 16 heavy (non-hydrogen) atoms. The number of hydrogen-bond donors (Lipinski definition) is 3. The van der Waals surface area contributed by atoms with Crippen LogP contribution in [0.4, 0.5) is 4.79 Å². The van der Waals surface area contributed by atoms with E-state index in [1.54, 1.807) is 7.11 Å². The van der Waals surface area contributed by atoms with Crippen LogP contribution in [0.1, 0.15) is 6.42 Å². The normalized spacial score (nSPS) is 9.81. The van der Waals surface area contributed by atoms with E-state index in [0.717, 1.165) is 6.42 Å². The van der Waals surface area contributed by atoms with Gasteiger partial charge in [-0.05, 0) is 6.42 Å². The molecule has 0 aromatic carbocycles. The van der Waals surface area contributed by atoms with Gasteiger partial charge in [-0.1, -0.05) is 0 Å². The van der Waals surface area contributed by atoms with E-state index in [0.29, 0.717) is 13.2 Å². The van der Waals surface area contributed by atoms with Gasteiger partial charge in [0.05, 0.1) is 6.61 Å². The lowest BCUT2D eigenvalue weighted by Gasteiger charge is -2.07. The first kappa shape index (κ1) is 14.7. The van der Waals surface area contributed by atoms with Crippen molar-refractivity contribution < 1.29 is 24.2 Å². The number of carboxylic acids is 1. The summed E-state index contributed by atoms with van der Waals surface area (Å²) in [5, 5.41) is 13.4. The summed E-state index contributed by atoms with van der Waals surface area (Å²) in [7, 11) is 1.60. The molecule has 0 aliphatic rings. The molecule has 0 bridgehead atoms. The van der Waals surface area contributed by atoms with Crippen LogP contribution in [0.15, 0.2) is 0 Å². The van der Waals surface area contributed by atoms with E-state index in [-0.39, 0.29) is 25.8 Å². The highest BCUT2D eigenvalue weighted by molar-refractivity contribution is 5.73. The van der Waals surface area contributed by atoms with Gasteiger partial charge in [0, 0.05) is 26.8 Å². The van der Waals surface area contributed by atoms with Crippen LogP contribution in [-0.4, -0.2) is 57.1 Å². The van der Waals surface area contributed by atoms with Crippen LogP contribution >= 0.6 is 0 Å². The first-order valence-electron chi connectivity index (χ1n) is 4.97. The number of carbonyl (C=O) groups is 2. The maximum absolute atomic E-state index is 11.1. The van der Waals surface area contributed by atoms with Crippen molar-refractivity contribution >= 4 is 12.0 Å². The van der Waals surface area contributed by atoms with Gasteiger partial charge in [-0.3, -0.25) is 0 Å². The summed E-state index contributed by atoms with van der Waals surface area (Å²) < 4.78 is 9.54. The molecule has 7 nitrogen and oxygen atoms in total. The van der Waals surface area contributed by atoms with Gasteiger partial charge in [-0.2, -0.15) is 0 Å². The van der Waals surface area contributed by atoms with Crippen molar-refractivity contribution in [2.45, 2.75) is 6.42 Å². The Morgan fingerprint density at radius 1 is 1.19 bits per heavy atom. The van der Waals surface area contributed by atoms with E-state index in [2.05, 4.69) is 10.6 Å². The molecule has 0 aromatic rings. The predicted molar refractivity (Wildman–Crippen MR) is 56.3 cm³/mol. The average molecular weight is 234 g/mol. The molecule has 0 fully saturated rings. The Hall–Kier alpha value is -1.34. The average Bonchev–Trinajstić information content (AvgIpc) is 2.23. The predicted octanol–water partition coefficient (Wildman–Crippen LogP) is -0.577. The van der Waals surface area contributed by atoms with E-state index in [4.69, 9.17) is 14.6 Å². The van der Waals surface area contributed by atoms with E-state index in [1.165, 1.54) is 0 Å². The second-order valence-corrected chi connectivity index (χ2v) is 2.98. The molecule has 94 valence electrons. The molecule has 0 unspecified atom stereocenters. The smallest absolute Gasteiger partial charge is 0.329 e. The number of rotatable bonds is 9. The van der Waals surface area contributed by atoms with E-state index < -0.39 is 5.97 Å². The number of amides is 2. The van der Waals surface area contributed by atoms with Crippen molar-refractivity contribution in [3.8, 4) is 0 Å². The highest BCUT2D eigenvalue weighted by Crippen LogP contribution is 1.77. The molecule has 7 heteroatoms. The summed E-state index contributed by atoms with van der Waals surface area (Å²) in [4.78, 5) is 21.1. The number of methoxy groups -OCH3 is 1. The molecular weight excluding hydrogens is 216 g/mol. The Bertz CT molecular complexity index is 210. The van der Waals surface area contributed by atoms with Gasteiger partial charge < -0.3 is 25.2 Å². The highest BCUT2D eigenvalue weighted by Gasteiger charge is 1.99. The van der Waals surface area contributed by atoms with Crippen molar-refractivity contribution in [2.75, 3.05) is 40.0 Å². The standard InChI is InChI=1S/C9H18N2O5/c1-15-5-2-3-10-9(14)11-4-6-16-7-8(12)13/h2-7H2,1H3,(H,12,13)(H2,10,11,14). The number of urea groups is 1. The second kappa shape index (κ2) is 10.2. The van der Waals surface area contributed by atoms with Crippen molar-refractivity contribution in [2.24, 2.45) is 0 Å². The molecule has 0 rings (SSSR count). The number of nitrogens with one attached hydrogen (secondary N) is 2. The van der Waals surface area contributed by atoms with Crippen LogP contribution in [0.5, 0.6) is 0 Å². The zero-order valence-corrected chi connectivity index (χ0v) is 9.32. The lowest BCUT2D eigenvalue weighted by molar-refractivity contribution is -0.142. The van der Waals surface area contributed by atoms with Crippen LogP contribution in [0, 0.1) is 0 Å². The Labute approximate surface area is 94.1 Å². The maximum atomic E-state index is 11.1. The molecule has 2 amide bonds. The zero-order valence-electron chi connectivity index (χ0n) is 9.32. The van der Waals surface area contributed by atoms with Gasteiger partial charge in [0.25, 0.3) is 0 Å². The number of carboxylic acid groups (broad SMARTS) is 1. The van der Waals surface area contributed by atoms with Crippen LogP contribution < -0.4 is 10.6 Å². The van der Waals surface area contributed by atoms with E-state index in [9.17, 15) is 9.59 Å². The summed E-state index contributed by atoms with van der Waals surface area (Å²) in [6.07, 6.45) is 0.749. The Morgan fingerprint density at radius 2 is 1.88 bits per heavy atom. The van der Waals surface area contributed by atoms with Gasteiger partial charge in [-0.15, -0.1) is 0 Å². The lowest BCUT2D eigenvalue weighted by atomic mass is 10.4. The minimum atomic E-state index is -1.02. The van der Waals surface area contributed by atoms with Crippen LogP contribution in [0.3, 0.4) is 0 Å². The largest absolute Gasteiger partial charge is 0.480 e. The topological polar surface area (TPSA) is 96.9 Å². The minimum Gasteiger partial charge on any atom is -0.480 e. The molecule has 0 saturated heterocycles. The Kier molecular flexibility index (Phi) is 9.33. The van der Waals surface area contributed by atoms with E-state index >= 15 is 0 Å². The van der Waals surface area contributed by atoms with Crippen LogP contribution in [0.25, 0.3) is 0 Å². The fraction of sp³-hybridized carbons (Fsp3) is 0.778. The molecule has 0 aliphatic heterocycles. The summed E-state index contributed by atoms with van der Waals surface area (Å²) >= 11 is 0. The molecule has 0 radical (unpaired) electrons. The molecule has 0 spiro atoms. The van der Waals surface area contributed by atoms with Crippen molar-refractivity contribution in [3.63, 3.8) is 0 Å². The molecule has 3 N–H and O–H groups in total. The fourth-order valence-electron chi connectivity index (χ4n) is 0.877. The van der Waals surface area contributed by atoms with Crippen LogP contribution in [0.2, 0.25) is 0 Å². The molecule has 0 saturated carbocycles. The van der Waals surface area contributed by atoms with Gasteiger partial charge in [0.2, 0.25) is 0 Å². The monoisotopic (exact) mass is 234 g/mol. The second-order valence-electron chi connectivity index (χ2n) is 2.98. The fourth-order valence-corrected chi connectivity index (χ4v) is 0.877. The summed E-state index contributed by atoms with van der Waals surface area (Å²) in [5.41, 5.74) is 0. The summed E-state index contributed by atoms with van der Waals surface area (Å²) in [5.74, 6) is -1.02. The van der Waals surface area contributed by atoms with Gasteiger partial charge in [0.15, 0.2) is 0 Å². The first-order chi connectivity index (χ1) is 7.66. The summed E-state index contributed by atoms with van der Waals surface area (Å²) in [6.45, 7) is 1.25. The molecule has 0 aliphatic carbocycles. The first-order valence-corrected chi connectivity index (χ1v) is 4.97. The quantitative estimate of drug-likeness (QED) is 0.464. The molecule has 0 atom stereocenters. The van der Waals surface area contributed by atoms with Gasteiger partial charge >= 0.3 is 12.0 Å². The highest BCUT2D eigenvalue weighted by atomic mass is 16.5. The van der Waals surface area contributed by atoms with Gasteiger partial charge in [0.1, 0.15) is 6.61 Å². The third kappa shape index (κ3) is 10.7. The van der Waals surface area contributed by atoms with Crippen molar-refractivity contribution in [3.05, 3.63) is 0 Å². The number of carbonyl (C=O) groups excluding carboxylic acids is 1. The van der Waals surface area contributed by atoms with Crippen LogP contribution in [-0.2, 0) is 14.3 Å². The summed E-state index contributed by atoms with van der Waals surface area (Å²) in [6, 6.07) is -0.296. The Balaban J connectivity index is 3.20. The van der Waals surface area contributed by atoms with E-state index in [1.807, 2.05) is 0 Å².